The zero-order valence-corrected chi connectivity index (χ0v) is 11.0. The first-order valence-corrected chi connectivity index (χ1v) is 6.00. The lowest BCUT2D eigenvalue weighted by Crippen LogP contribution is -2.22. The summed E-state index contributed by atoms with van der Waals surface area (Å²) in [6.45, 7) is 2.76. The van der Waals surface area contributed by atoms with E-state index in [0.29, 0.717) is 0 Å². The predicted molar refractivity (Wildman–Crippen MR) is 69.5 cm³/mol. The van der Waals surface area contributed by atoms with Crippen LogP contribution in [0, 0.1) is 5.82 Å². The van der Waals surface area contributed by atoms with Crippen molar-refractivity contribution in [2.24, 2.45) is 7.05 Å². The minimum atomic E-state index is -0.150. The Morgan fingerprint density at radius 1 is 1.39 bits per heavy atom. The molecule has 2 aromatic rings. The summed E-state index contributed by atoms with van der Waals surface area (Å²) < 4.78 is 15.5. The highest BCUT2D eigenvalue weighted by molar-refractivity contribution is 5.21. The van der Waals surface area contributed by atoms with E-state index in [2.05, 4.69) is 10.00 Å². The van der Waals surface area contributed by atoms with Gasteiger partial charge in [0.2, 0.25) is 0 Å². The average molecular weight is 247 g/mol. The van der Waals surface area contributed by atoms with Gasteiger partial charge in [0, 0.05) is 37.0 Å². The Morgan fingerprint density at radius 2 is 2.11 bits per heavy atom. The molecule has 0 amide bonds. The standard InChI is InChI=1S/C14H18FN3/c1-11(13-6-4-5-7-14(13)15)17(2)9-12-8-16-18(3)10-12/h4-8,10-11H,9H2,1-3H3/t11-/m0/s1. The number of aryl methyl sites for hydroxylation is 1. The van der Waals surface area contributed by atoms with Crippen molar-refractivity contribution in [2.45, 2.75) is 19.5 Å². The Kier molecular flexibility index (Phi) is 3.77. The van der Waals surface area contributed by atoms with Gasteiger partial charge in [-0.1, -0.05) is 18.2 Å². The molecule has 0 unspecified atom stereocenters. The SMILES string of the molecule is C[C@@H](c1ccccc1F)N(C)Cc1cnn(C)c1. The second-order valence-corrected chi connectivity index (χ2v) is 4.63. The molecule has 0 aliphatic heterocycles. The third-order valence-corrected chi connectivity index (χ3v) is 3.21. The van der Waals surface area contributed by atoms with Crippen LogP contribution in [0.3, 0.4) is 0 Å². The lowest BCUT2D eigenvalue weighted by molar-refractivity contribution is 0.248. The minimum Gasteiger partial charge on any atom is -0.295 e. The third-order valence-electron chi connectivity index (χ3n) is 3.21. The van der Waals surface area contributed by atoms with Crippen LogP contribution in [0.4, 0.5) is 4.39 Å². The molecule has 96 valence electrons. The number of hydrogen-bond donors (Lipinski definition) is 0. The average Bonchev–Trinajstić information content (AvgIpc) is 2.74. The Hall–Kier alpha value is -1.68. The topological polar surface area (TPSA) is 21.1 Å². The molecule has 2 rings (SSSR count). The molecule has 1 aromatic heterocycles. The Morgan fingerprint density at radius 3 is 2.72 bits per heavy atom. The molecule has 0 aliphatic carbocycles. The van der Waals surface area contributed by atoms with E-state index in [-0.39, 0.29) is 11.9 Å². The molecule has 0 fully saturated rings. The summed E-state index contributed by atoms with van der Waals surface area (Å²) in [6.07, 6.45) is 3.81. The van der Waals surface area contributed by atoms with Crippen LogP contribution < -0.4 is 0 Å². The van der Waals surface area contributed by atoms with E-state index in [1.54, 1.807) is 10.7 Å². The second kappa shape index (κ2) is 5.31. The molecule has 0 bridgehead atoms. The smallest absolute Gasteiger partial charge is 0.127 e. The lowest BCUT2D eigenvalue weighted by atomic mass is 10.1. The van der Waals surface area contributed by atoms with Crippen LogP contribution in [0.25, 0.3) is 0 Å². The molecule has 1 atom stereocenters. The summed E-state index contributed by atoms with van der Waals surface area (Å²) in [5.41, 5.74) is 1.85. The van der Waals surface area contributed by atoms with Gasteiger partial charge in [0.05, 0.1) is 6.20 Å². The second-order valence-electron chi connectivity index (χ2n) is 4.63. The third kappa shape index (κ3) is 2.76. The quantitative estimate of drug-likeness (QED) is 0.828. The molecule has 1 aromatic carbocycles. The van der Waals surface area contributed by atoms with Gasteiger partial charge in [-0.25, -0.2) is 4.39 Å². The summed E-state index contributed by atoms with van der Waals surface area (Å²) in [6, 6.07) is 6.95. The first-order valence-electron chi connectivity index (χ1n) is 6.00. The minimum absolute atomic E-state index is 0.0337. The fourth-order valence-corrected chi connectivity index (χ4v) is 2.03. The fourth-order valence-electron chi connectivity index (χ4n) is 2.03. The van der Waals surface area contributed by atoms with Gasteiger partial charge < -0.3 is 0 Å². The summed E-state index contributed by atoms with van der Waals surface area (Å²) >= 11 is 0. The largest absolute Gasteiger partial charge is 0.295 e. The van der Waals surface area contributed by atoms with Crippen LogP contribution >= 0.6 is 0 Å². The molecule has 1 heterocycles. The van der Waals surface area contributed by atoms with E-state index in [9.17, 15) is 4.39 Å². The van der Waals surface area contributed by atoms with E-state index in [4.69, 9.17) is 0 Å². The van der Waals surface area contributed by atoms with Gasteiger partial charge in [-0.3, -0.25) is 9.58 Å². The van der Waals surface area contributed by atoms with Crippen molar-refractivity contribution in [2.75, 3.05) is 7.05 Å². The number of halogens is 1. The Bertz CT molecular complexity index is 521. The van der Waals surface area contributed by atoms with E-state index in [1.165, 1.54) is 6.07 Å². The normalized spacial score (nSPS) is 12.9. The maximum Gasteiger partial charge on any atom is 0.127 e. The summed E-state index contributed by atoms with van der Waals surface area (Å²) in [5, 5.41) is 4.14. The monoisotopic (exact) mass is 247 g/mol. The maximum atomic E-state index is 13.7. The number of benzene rings is 1. The molecule has 18 heavy (non-hydrogen) atoms. The summed E-state index contributed by atoms with van der Waals surface area (Å²) in [4.78, 5) is 2.11. The van der Waals surface area contributed by atoms with E-state index in [0.717, 1.165) is 17.7 Å². The maximum absolute atomic E-state index is 13.7. The van der Waals surface area contributed by atoms with Crippen molar-refractivity contribution in [1.82, 2.24) is 14.7 Å². The highest BCUT2D eigenvalue weighted by Gasteiger charge is 2.15. The van der Waals surface area contributed by atoms with Gasteiger partial charge in [0.1, 0.15) is 5.82 Å². The van der Waals surface area contributed by atoms with Crippen molar-refractivity contribution < 1.29 is 4.39 Å². The molecule has 0 radical (unpaired) electrons. The van der Waals surface area contributed by atoms with Crippen LogP contribution in [0.1, 0.15) is 24.1 Å². The highest BCUT2D eigenvalue weighted by Crippen LogP contribution is 2.22. The Balaban J connectivity index is 2.09. The van der Waals surface area contributed by atoms with Crippen LogP contribution in [0.15, 0.2) is 36.7 Å². The summed E-state index contributed by atoms with van der Waals surface area (Å²) in [5.74, 6) is -0.150. The van der Waals surface area contributed by atoms with Crippen molar-refractivity contribution >= 4 is 0 Å². The predicted octanol–water partition coefficient (Wildman–Crippen LogP) is 2.75. The van der Waals surface area contributed by atoms with Crippen LogP contribution in [-0.4, -0.2) is 21.7 Å². The van der Waals surface area contributed by atoms with Gasteiger partial charge in [-0.15, -0.1) is 0 Å². The Labute approximate surface area is 107 Å². The number of rotatable bonds is 4. The molecule has 0 saturated carbocycles. The van der Waals surface area contributed by atoms with Gasteiger partial charge in [0.15, 0.2) is 0 Å². The van der Waals surface area contributed by atoms with Crippen molar-refractivity contribution in [1.29, 1.82) is 0 Å². The van der Waals surface area contributed by atoms with Gasteiger partial charge in [-0.05, 0) is 20.0 Å². The van der Waals surface area contributed by atoms with Crippen LogP contribution in [0.2, 0.25) is 0 Å². The van der Waals surface area contributed by atoms with Crippen LogP contribution in [0.5, 0.6) is 0 Å². The molecule has 3 nitrogen and oxygen atoms in total. The number of hydrogen-bond acceptors (Lipinski definition) is 2. The van der Waals surface area contributed by atoms with Gasteiger partial charge >= 0.3 is 0 Å². The molecule has 0 spiro atoms. The van der Waals surface area contributed by atoms with E-state index in [1.807, 2.05) is 45.5 Å². The number of aromatic nitrogens is 2. The van der Waals surface area contributed by atoms with Crippen molar-refractivity contribution in [3.8, 4) is 0 Å². The molecule has 0 aliphatic rings. The first-order chi connectivity index (χ1) is 8.58. The molecule has 0 saturated heterocycles. The highest BCUT2D eigenvalue weighted by atomic mass is 19.1. The lowest BCUT2D eigenvalue weighted by Gasteiger charge is -2.24. The molecule has 0 N–H and O–H groups in total. The summed E-state index contributed by atoms with van der Waals surface area (Å²) in [7, 11) is 3.88. The molecular formula is C14H18FN3. The van der Waals surface area contributed by atoms with Gasteiger partial charge in [-0.2, -0.15) is 5.10 Å². The molecule has 4 heteroatoms. The van der Waals surface area contributed by atoms with Crippen molar-refractivity contribution in [3.63, 3.8) is 0 Å². The van der Waals surface area contributed by atoms with Crippen molar-refractivity contribution in [3.05, 3.63) is 53.6 Å². The van der Waals surface area contributed by atoms with E-state index < -0.39 is 0 Å². The van der Waals surface area contributed by atoms with Crippen LogP contribution in [-0.2, 0) is 13.6 Å². The zero-order valence-electron chi connectivity index (χ0n) is 11.0. The fraction of sp³-hybridized carbons (Fsp3) is 0.357. The van der Waals surface area contributed by atoms with Gasteiger partial charge in [0.25, 0.3) is 0 Å². The molecular weight excluding hydrogens is 229 g/mol. The number of nitrogens with zero attached hydrogens (tertiary/aromatic N) is 3. The first kappa shape index (κ1) is 12.8. The zero-order chi connectivity index (χ0) is 13.1. The van der Waals surface area contributed by atoms with E-state index >= 15 is 0 Å².